The number of benzene rings is 1. The van der Waals surface area contributed by atoms with Gasteiger partial charge in [0.1, 0.15) is 11.6 Å². The Balaban J connectivity index is 2.38. The third-order valence-electron chi connectivity index (χ3n) is 3.96. The molecule has 1 saturated carbocycles. The van der Waals surface area contributed by atoms with Crippen LogP contribution in [0.2, 0.25) is 0 Å². The van der Waals surface area contributed by atoms with Crippen LogP contribution >= 0.6 is 0 Å². The van der Waals surface area contributed by atoms with E-state index in [0.29, 0.717) is 0 Å². The third kappa shape index (κ3) is 3.72. The van der Waals surface area contributed by atoms with Gasteiger partial charge in [-0.2, -0.15) is 0 Å². The van der Waals surface area contributed by atoms with Crippen LogP contribution in [0, 0.1) is 12.8 Å². The summed E-state index contributed by atoms with van der Waals surface area (Å²) < 4.78 is 26.5. The van der Waals surface area contributed by atoms with Crippen molar-refractivity contribution in [1.82, 2.24) is 4.31 Å². The summed E-state index contributed by atoms with van der Waals surface area (Å²) in [6.07, 6.45) is -0.343. The molecular formula is C17H21NO5S. The number of Topliss-reactive ketones (excluding diaryl/α,β-unsaturated/α-hetero) is 2. The molecule has 0 aromatic heterocycles. The SMILES string of the molecule is Cc1ccc(S(=O)(=O)N(C(=O)C2CC(=O)CC(=O)C2)C(C)C)cc1. The lowest BCUT2D eigenvalue weighted by molar-refractivity contribution is -0.141. The fourth-order valence-corrected chi connectivity index (χ4v) is 4.46. The van der Waals surface area contributed by atoms with Crippen molar-refractivity contribution in [2.45, 2.75) is 51.0 Å². The summed E-state index contributed by atoms with van der Waals surface area (Å²) in [5.41, 5.74) is 0.903. The number of ketones is 2. The summed E-state index contributed by atoms with van der Waals surface area (Å²) in [7, 11) is -4.04. The smallest absolute Gasteiger partial charge is 0.266 e. The Morgan fingerprint density at radius 3 is 2.04 bits per heavy atom. The highest BCUT2D eigenvalue weighted by atomic mass is 32.2. The minimum atomic E-state index is -4.04. The lowest BCUT2D eigenvalue weighted by atomic mass is 9.86. The molecule has 1 aliphatic carbocycles. The maximum atomic E-state index is 12.9. The summed E-state index contributed by atoms with van der Waals surface area (Å²) >= 11 is 0. The van der Waals surface area contributed by atoms with Crippen LogP contribution in [0.4, 0.5) is 0 Å². The molecule has 0 unspecified atom stereocenters. The monoisotopic (exact) mass is 351 g/mol. The van der Waals surface area contributed by atoms with Gasteiger partial charge >= 0.3 is 0 Å². The predicted octanol–water partition coefficient (Wildman–Crippen LogP) is 1.86. The van der Waals surface area contributed by atoms with Crippen molar-refractivity contribution >= 4 is 27.5 Å². The molecule has 24 heavy (non-hydrogen) atoms. The van der Waals surface area contributed by atoms with Crippen molar-refractivity contribution in [1.29, 1.82) is 0 Å². The quantitative estimate of drug-likeness (QED) is 0.773. The number of sulfonamides is 1. The topological polar surface area (TPSA) is 88.6 Å². The standard InChI is InChI=1S/C17H21NO5S/c1-11(2)18(17(21)13-8-14(19)10-15(20)9-13)24(22,23)16-6-4-12(3)5-7-16/h4-7,11,13H,8-10H2,1-3H3. The molecule has 7 heteroatoms. The van der Waals surface area contributed by atoms with E-state index >= 15 is 0 Å². The maximum absolute atomic E-state index is 12.9. The molecular weight excluding hydrogens is 330 g/mol. The van der Waals surface area contributed by atoms with E-state index in [0.717, 1.165) is 9.87 Å². The van der Waals surface area contributed by atoms with Crippen molar-refractivity contribution in [3.05, 3.63) is 29.8 Å². The number of hydrogen-bond donors (Lipinski definition) is 0. The van der Waals surface area contributed by atoms with Gasteiger partial charge in [0.05, 0.1) is 17.2 Å². The van der Waals surface area contributed by atoms with Gasteiger partial charge in [-0.25, -0.2) is 12.7 Å². The molecule has 1 amide bonds. The van der Waals surface area contributed by atoms with Crippen LogP contribution in [0.15, 0.2) is 29.2 Å². The second-order valence-corrected chi connectivity index (χ2v) is 8.22. The van der Waals surface area contributed by atoms with E-state index in [1.54, 1.807) is 26.0 Å². The molecule has 1 aromatic rings. The summed E-state index contributed by atoms with van der Waals surface area (Å²) in [5, 5.41) is 0. The molecule has 0 heterocycles. The minimum Gasteiger partial charge on any atom is -0.299 e. The molecule has 1 aliphatic rings. The Morgan fingerprint density at radius 1 is 1.08 bits per heavy atom. The maximum Gasteiger partial charge on any atom is 0.266 e. The Hall–Kier alpha value is -2.02. The fraction of sp³-hybridized carbons (Fsp3) is 0.471. The minimum absolute atomic E-state index is 0.0172. The number of aryl methyl sites for hydroxylation is 1. The average molecular weight is 351 g/mol. The Labute approximate surface area is 141 Å². The van der Waals surface area contributed by atoms with Crippen molar-refractivity contribution in [3.63, 3.8) is 0 Å². The molecule has 1 fully saturated rings. The zero-order chi connectivity index (χ0) is 18.1. The van der Waals surface area contributed by atoms with E-state index < -0.39 is 27.9 Å². The van der Waals surface area contributed by atoms with Gasteiger partial charge in [0.2, 0.25) is 5.91 Å². The summed E-state index contributed by atoms with van der Waals surface area (Å²) in [5.74, 6) is -2.23. The van der Waals surface area contributed by atoms with Crippen LogP contribution in [0.3, 0.4) is 0 Å². The van der Waals surface area contributed by atoms with Gasteiger partial charge in [0.15, 0.2) is 0 Å². The second kappa shape index (κ2) is 6.84. The molecule has 2 rings (SSSR count). The molecule has 0 aliphatic heterocycles. The van der Waals surface area contributed by atoms with E-state index in [1.165, 1.54) is 12.1 Å². The fourth-order valence-electron chi connectivity index (χ4n) is 2.81. The normalized spacial score (nSPS) is 16.5. The molecule has 0 radical (unpaired) electrons. The molecule has 0 spiro atoms. The van der Waals surface area contributed by atoms with Gasteiger partial charge in [0.25, 0.3) is 10.0 Å². The van der Waals surface area contributed by atoms with E-state index in [4.69, 9.17) is 0 Å². The number of nitrogens with zero attached hydrogens (tertiary/aromatic N) is 1. The average Bonchev–Trinajstić information content (AvgIpc) is 2.46. The van der Waals surface area contributed by atoms with E-state index in [9.17, 15) is 22.8 Å². The van der Waals surface area contributed by atoms with Crippen molar-refractivity contribution < 1.29 is 22.8 Å². The Kier molecular flexibility index (Phi) is 5.22. The first-order chi connectivity index (χ1) is 11.1. The van der Waals surface area contributed by atoms with Crippen LogP contribution in [0.1, 0.15) is 38.7 Å². The van der Waals surface area contributed by atoms with Crippen LogP contribution in [-0.4, -0.2) is 36.2 Å². The zero-order valence-electron chi connectivity index (χ0n) is 14.0. The molecule has 0 atom stereocenters. The first-order valence-electron chi connectivity index (χ1n) is 7.81. The first-order valence-corrected chi connectivity index (χ1v) is 9.25. The summed E-state index contributed by atoms with van der Waals surface area (Å²) in [4.78, 5) is 36.0. The van der Waals surface area contributed by atoms with Crippen molar-refractivity contribution in [2.24, 2.45) is 5.92 Å². The molecule has 0 saturated heterocycles. The van der Waals surface area contributed by atoms with Crippen LogP contribution in [0.5, 0.6) is 0 Å². The highest BCUT2D eigenvalue weighted by Gasteiger charge is 2.39. The van der Waals surface area contributed by atoms with Crippen LogP contribution in [-0.2, 0) is 24.4 Å². The summed E-state index contributed by atoms with van der Waals surface area (Å²) in [6.45, 7) is 5.02. The van der Waals surface area contributed by atoms with Gasteiger partial charge < -0.3 is 0 Å². The Morgan fingerprint density at radius 2 is 1.58 bits per heavy atom. The van der Waals surface area contributed by atoms with Crippen LogP contribution < -0.4 is 0 Å². The number of amides is 1. The van der Waals surface area contributed by atoms with Crippen LogP contribution in [0.25, 0.3) is 0 Å². The molecule has 0 N–H and O–H groups in total. The molecule has 0 bridgehead atoms. The third-order valence-corrected chi connectivity index (χ3v) is 5.94. The molecule has 130 valence electrons. The number of rotatable bonds is 4. The van der Waals surface area contributed by atoms with Gasteiger partial charge in [-0.3, -0.25) is 14.4 Å². The lowest BCUT2D eigenvalue weighted by Crippen LogP contribution is -2.46. The highest BCUT2D eigenvalue weighted by Crippen LogP contribution is 2.26. The van der Waals surface area contributed by atoms with E-state index in [1.807, 2.05) is 6.92 Å². The number of hydrogen-bond acceptors (Lipinski definition) is 5. The highest BCUT2D eigenvalue weighted by molar-refractivity contribution is 7.89. The first kappa shape index (κ1) is 18.3. The largest absolute Gasteiger partial charge is 0.299 e. The summed E-state index contributed by atoms with van der Waals surface area (Å²) in [6, 6.07) is 5.60. The van der Waals surface area contributed by atoms with Gasteiger partial charge in [0, 0.05) is 18.9 Å². The van der Waals surface area contributed by atoms with Crippen molar-refractivity contribution in [2.75, 3.05) is 0 Å². The Bertz CT molecular complexity index is 749. The molecule has 1 aromatic carbocycles. The van der Waals surface area contributed by atoms with Crippen molar-refractivity contribution in [3.8, 4) is 0 Å². The predicted molar refractivity (Wildman–Crippen MR) is 87.7 cm³/mol. The van der Waals surface area contributed by atoms with Gasteiger partial charge in [-0.05, 0) is 32.9 Å². The van der Waals surface area contributed by atoms with E-state index in [-0.39, 0.29) is 35.7 Å². The van der Waals surface area contributed by atoms with E-state index in [2.05, 4.69) is 0 Å². The van der Waals surface area contributed by atoms with Gasteiger partial charge in [-0.1, -0.05) is 17.7 Å². The number of carbonyl (C=O) groups is 3. The van der Waals surface area contributed by atoms with Gasteiger partial charge in [-0.15, -0.1) is 0 Å². The number of carbonyl (C=O) groups excluding carboxylic acids is 3. The molecule has 6 nitrogen and oxygen atoms in total. The lowest BCUT2D eigenvalue weighted by Gasteiger charge is -2.30. The zero-order valence-corrected chi connectivity index (χ0v) is 14.8. The second-order valence-electron chi connectivity index (χ2n) is 6.41.